The van der Waals surface area contributed by atoms with Crippen LogP contribution in [0, 0.1) is 6.92 Å². The van der Waals surface area contributed by atoms with E-state index < -0.39 is 5.69 Å². The summed E-state index contributed by atoms with van der Waals surface area (Å²) in [6, 6.07) is 0. The minimum Gasteiger partial charge on any atom is -0.307 e. The molecule has 0 amide bonds. The molecule has 0 aliphatic rings. The van der Waals surface area contributed by atoms with E-state index in [1.165, 1.54) is 0 Å². The van der Waals surface area contributed by atoms with Crippen LogP contribution in [0.2, 0.25) is 0 Å². The van der Waals surface area contributed by atoms with Crippen molar-refractivity contribution in [1.82, 2.24) is 9.97 Å². The number of halogens is 1. The van der Waals surface area contributed by atoms with Gasteiger partial charge in [0.05, 0.1) is 12.9 Å². The van der Waals surface area contributed by atoms with Crippen molar-refractivity contribution in [3.63, 3.8) is 0 Å². The van der Waals surface area contributed by atoms with Gasteiger partial charge in [0.15, 0.2) is 0 Å². The fourth-order valence-corrected chi connectivity index (χ4v) is 0.897. The Balaban J connectivity index is 0. The van der Waals surface area contributed by atoms with Gasteiger partial charge in [0, 0.05) is 5.56 Å². The zero-order valence-corrected chi connectivity index (χ0v) is 10.6. The second kappa shape index (κ2) is 10.6. The molecular formula is C12H19FN2O2. The van der Waals surface area contributed by atoms with Crippen LogP contribution in [0.4, 0.5) is 4.39 Å². The summed E-state index contributed by atoms with van der Waals surface area (Å²) >= 11 is 0. The molecule has 4 nitrogen and oxygen atoms in total. The molecule has 0 aliphatic heterocycles. The van der Waals surface area contributed by atoms with Crippen LogP contribution in [0.15, 0.2) is 28.3 Å². The second-order valence-corrected chi connectivity index (χ2v) is 2.54. The molecule has 17 heavy (non-hydrogen) atoms. The minimum atomic E-state index is -0.501. The van der Waals surface area contributed by atoms with E-state index in [9.17, 15) is 14.0 Å². The molecule has 0 unspecified atom stereocenters. The molecule has 1 heterocycles. The number of hydrogen-bond acceptors (Lipinski definition) is 2. The Morgan fingerprint density at radius 1 is 1.18 bits per heavy atom. The van der Waals surface area contributed by atoms with Crippen molar-refractivity contribution < 1.29 is 4.39 Å². The molecule has 5 heteroatoms. The van der Waals surface area contributed by atoms with Crippen LogP contribution in [-0.4, -0.2) is 17.1 Å². The molecule has 0 aliphatic carbocycles. The van der Waals surface area contributed by atoms with Crippen LogP contribution in [0.25, 0.3) is 6.08 Å². The first-order valence-electron chi connectivity index (χ1n) is 5.15. The Morgan fingerprint density at radius 2 is 1.71 bits per heavy atom. The highest BCUT2D eigenvalue weighted by Gasteiger charge is 1.99. The fourth-order valence-electron chi connectivity index (χ4n) is 0.897. The van der Waals surface area contributed by atoms with E-state index in [4.69, 9.17) is 0 Å². The van der Waals surface area contributed by atoms with Gasteiger partial charge < -0.3 is 4.98 Å². The van der Waals surface area contributed by atoms with Gasteiger partial charge in [-0.15, -0.1) is 0 Å². The Morgan fingerprint density at radius 3 is 2.18 bits per heavy atom. The van der Waals surface area contributed by atoms with Crippen molar-refractivity contribution in [2.24, 2.45) is 0 Å². The van der Waals surface area contributed by atoms with Crippen LogP contribution in [0.1, 0.15) is 25.1 Å². The summed E-state index contributed by atoms with van der Waals surface area (Å²) in [5.74, 6) is 0. The molecule has 0 atom stereocenters. The molecule has 0 saturated carbocycles. The molecule has 96 valence electrons. The molecule has 0 spiro atoms. The summed E-state index contributed by atoms with van der Waals surface area (Å²) in [5, 5.41) is 0. The van der Waals surface area contributed by atoms with Crippen molar-refractivity contribution in [2.75, 3.05) is 7.18 Å². The van der Waals surface area contributed by atoms with Gasteiger partial charge in [-0.1, -0.05) is 32.6 Å². The lowest BCUT2D eigenvalue weighted by Crippen LogP contribution is -2.25. The Labute approximate surface area is 99.9 Å². The zero-order valence-electron chi connectivity index (χ0n) is 10.6. The molecule has 0 aromatic carbocycles. The van der Waals surface area contributed by atoms with E-state index in [-0.39, 0.29) is 5.56 Å². The SMILES string of the molecule is C=C/C=C\c1[nH]c(=O)[nH]c(=O)c1C.CC.CF. The summed E-state index contributed by atoms with van der Waals surface area (Å²) in [6.07, 6.45) is 4.84. The zero-order chi connectivity index (χ0) is 13.8. The highest BCUT2D eigenvalue weighted by Crippen LogP contribution is 1.97. The average Bonchev–Trinajstić information content (AvgIpc) is 2.37. The molecule has 0 saturated heterocycles. The molecule has 1 aromatic rings. The molecule has 2 N–H and O–H groups in total. The molecule has 1 aromatic heterocycles. The third-order valence-electron chi connectivity index (χ3n) is 1.62. The number of hydrogen-bond donors (Lipinski definition) is 2. The van der Waals surface area contributed by atoms with Gasteiger partial charge in [-0.25, -0.2) is 4.79 Å². The summed E-state index contributed by atoms with van der Waals surface area (Å²) in [4.78, 5) is 26.6. The van der Waals surface area contributed by atoms with Gasteiger partial charge in [0.2, 0.25) is 0 Å². The smallest absolute Gasteiger partial charge is 0.307 e. The van der Waals surface area contributed by atoms with Crippen molar-refractivity contribution >= 4 is 6.08 Å². The number of H-pyrrole nitrogens is 2. The van der Waals surface area contributed by atoms with Crippen LogP contribution in [0.5, 0.6) is 0 Å². The molecular weight excluding hydrogens is 223 g/mol. The third kappa shape index (κ3) is 6.29. The number of aromatic amines is 2. The quantitative estimate of drug-likeness (QED) is 0.781. The van der Waals surface area contributed by atoms with Crippen LogP contribution < -0.4 is 11.2 Å². The van der Waals surface area contributed by atoms with Gasteiger partial charge in [-0.3, -0.25) is 14.2 Å². The number of nitrogens with one attached hydrogen (secondary N) is 2. The van der Waals surface area contributed by atoms with Crippen molar-refractivity contribution in [2.45, 2.75) is 20.8 Å². The summed E-state index contributed by atoms with van der Waals surface area (Å²) < 4.78 is 9.50. The van der Waals surface area contributed by atoms with Gasteiger partial charge in [0.1, 0.15) is 0 Å². The van der Waals surface area contributed by atoms with Gasteiger partial charge >= 0.3 is 5.69 Å². The van der Waals surface area contributed by atoms with E-state index in [1.54, 1.807) is 25.2 Å². The van der Waals surface area contributed by atoms with Crippen molar-refractivity contribution in [1.29, 1.82) is 0 Å². The summed E-state index contributed by atoms with van der Waals surface area (Å²) in [6.45, 7) is 9.12. The predicted octanol–water partition coefficient (Wildman–Crippen LogP) is 2.18. The predicted molar refractivity (Wildman–Crippen MR) is 70.0 cm³/mol. The number of alkyl halides is 1. The van der Waals surface area contributed by atoms with Crippen LogP contribution in [-0.2, 0) is 0 Å². The van der Waals surface area contributed by atoms with Crippen LogP contribution in [0.3, 0.4) is 0 Å². The average molecular weight is 242 g/mol. The van der Waals surface area contributed by atoms with E-state index in [0.29, 0.717) is 18.4 Å². The van der Waals surface area contributed by atoms with E-state index in [0.717, 1.165) is 0 Å². The van der Waals surface area contributed by atoms with E-state index >= 15 is 0 Å². The lowest BCUT2D eigenvalue weighted by atomic mass is 10.2. The lowest BCUT2D eigenvalue weighted by Gasteiger charge is -1.96. The largest absolute Gasteiger partial charge is 0.326 e. The third-order valence-corrected chi connectivity index (χ3v) is 1.62. The lowest BCUT2D eigenvalue weighted by molar-refractivity contribution is 0.636. The first-order valence-corrected chi connectivity index (χ1v) is 5.15. The molecule has 0 radical (unpaired) electrons. The topological polar surface area (TPSA) is 65.7 Å². The van der Waals surface area contributed by atoms with E-state index in [1.807, 2.05) is 13.8 Å². The first kappa shape index (κ1) is 17.5. The number of rotatable bonds is 2. The molecule has 0 bridgehead atoms. The number of allylic oxidation sites excluding steroid dienone is 2. The number of aromatic nitrogens is 2. The van der Waals surface area contributed by atoms with Crippen molar-refractivity contribution in [3.8, 4) is 0 Å². The standard InChI is InChI=1S/C9H10N2O2.C2H6.CH3F/c1-3-4-5-7-6(2)8(12)11-9(13)10-7;2*1-2/h3-5H,1H2,2H3,(H2,10,11,12,13);1-2H3;1H3/b5-4-;;. The highest BCUT2D eigenvalue weighted by atomic mass is 19.1. The van der Waals surface area contributed by atoms with Gasteiger partial charge in [0.25, 0.3) is 5.56 Å². The van der Waals surface area contributed by atoms with Crippen LogP contribution >= 0.6 is 0 Å². The molecule has 1 rings (SSSR count). The minimum absolute atomic E-state index is 0.368. The Bertz CT molecular complexity index is 458. The highest BCUT2D eigenvalue weighted by molar-refractivity contribution is 5.49. The van der Waals surface area contributed by atoms with Gasteiger partial charge in [-0.2, -0.15) is 0 Å². The molecule has 0 fully saturated rings. The maximum Gasteiger partial charge on any atom is 0.326 e. The Hall–Kier alpha value is -1.91. The summed E-state index contributed by atoms with van der Waals surface area (Å²) in [5.41, 5.74) is 0.123. The first-order chi connectivity index (χ1) is 8.15. The van der Waals surface area contributed by atoms with E-state index in [2.05, 4.69) is 16.5 Å². The Kier molecular flexibility index (Phi) is 10.9. The fraction of sp³-hybridized carbons (Fsp3) is 0.333. The normalized spacial score (nSPS) is 8.76. The van der Waals surface area contributed by atoms with Crippen molar-refractivity contribution in [3.05, 3.63) is 50.8 Å². The summed E-state index contributed by atoms with van der Waals surface area (Å²) in [7, 11) is 0.500. The second-order valence-electron chi connectivity index (χ2n) is 2.54. The monoisotopic (exact) mass is 242 g/mol. The maximum absolute atomic E-state index is 11.1. The van der Waals surface area contributed by atoms with Gasteiger partial charge in [-0.05, 0) is 13.0 Å². The maximum atomic E-state index is 11.1.